The molecule has 0 aromatic rings. The van der Waals surface area contributed by atoms with Crippen LogP contribution in [0.25, 0.3) is 0 Å². The van der Waals surface area contributed by atoms with Crippen LogP contribution in [0.15, 0.2) is 12.4 Å². The zero-order valence-corrected chi connectivity index (χ0v) is 16.4. The summed E-state index contributed by atoms with van der Waals surface area (Å²) in [7, 11) is 0. The zero-order valence-electron chi connectivity index (χ0n) is 16.4. The first-order chi connectivity index (χ1) is 12.5. The van der Waals surface area contributed by atoms with Gasteiger partial charge < -0.3 is 15.1 Å². The van der Waals surface area contributed by atoms with Crippen LogP contribution in [0.5, 0.6) is 0 Å². The van der Waals surface area contributed by atoms with E-state index in [-0.39, 0.29) is 12.8 Å². The van der Waals surface area contributed by atoms with Gasteiger partial charge in [-0.2, -0.15) is 0 Å². The third-order valence-electron chi connectivity index (χ3n) is 5.15. The number of carboxylic acid groups (broad SMARTS) is 2. The number of hydrogen-bond acceptors (Lipinski definition) is 3. The van der Waals surface area contributed by atoms with E-state index in [0.717, 1.165) is 13.0 Å². The van der Waals surface area contributed by atoms with Gasteiger partial charge in [-0.1, -0.05) is 58.3 Å². The Kier molecular flexibility index (Phi) is 11.0. The minimum absolute atomic E-state index is 0.0653. The van der Waals surface area contributed by atoms with Gasteiger partial charge >= 0.3 is 11.9 Å². The Morgan fingerprint density at radius 2 is 1.38 bits per heavy atom. The summed E-state index contributed by atoms with van der Waals surface area (Å²) in [6.07, 6.45) is 15.8. The van der Waals surface area contributed by atoms with E-state index in [4.69, 9.17) is 10.2 Å². The van der Waals surface area contributed by atoms with E-state index in [2.05, 4.69) is 11.8 Å². The number of aliphatic carboxylic acids is 2. The van der Waals surface area contributed by atoms with Gasteiger partial charge in [-0.25, -0.2) is 0 Å². The highest BCUT2D eigenvalue weighted by atomic mass is 16.4. The van der Waals surface area contributed by atoms with Gasteiger partial charge in [0, 0.05) is 6.54 Å². The van der Waals surface area contributed by atoms with E-state index in [1.807, 2.05) is 12.4 Å². The van der Waals surface area contributed by atoms with Crippen LogP contribution in [0.4, 0.5) is 0 Å². The van der Waals surface area contributed by atoms with Crippen molar-refractivity contribution in [2.24, 2.45) is 0 Å². The van der Waals surface area contributed by atoms with E-state index >= 15 is 0 Å². The third-order valence-corrected chi connectivity index (χ3v) is 5.15. The molecule has 0 radical (unpaired) electrons. The van der Waals surface area contributed by atoms with Gasteiger partial charge in [-0.15, -0.1) is 0 Å². The van der Waals surface area contributed by atoms with Crippen LogP contribution in [-0.2, 0) is 9.59 Å². The first kappa shape index (κ1) is 22.5. The molecule has 0 atom stereocenters. The average molecular weight is 370 g/mol. The molecule has 0 fully saturated rings. The molecule has 0 amide bonds. The van der Waals surface area contributed by atoms with E-state index < -0.39 is 11.9 Å². The highest BCUT2D eigenvalue weighted by molar-refractivity contribution is 5.67. The summed E-state index contributed by atoms with van der Waals surface area (Å²) in [6.45, 7) is 4.80. The second-order valence-electron chi connectivity index (χ2n) is 7.53. The number of hydrogen-bond donors (Lipinski definition) is 2. The summed E-state index contributed by atoms with van der Waals surface area (Å²) in [5.41, 5.74) is 0. The molecular weight excluding hydrogens is 332 g/mol. The molecule has 0 aromatic heterocycles. The van der Waals surface area contributed by atoms with Crippen molar-refractivity contribution in [3.8, 4) is 0 Å². The van der Waals surface area contributed by atoms with E-state index in [1.54, 1.807) is 0 Å². The van der Waals surface area contributed by atoms with Crippen molar-refractivity contribution >= 4 is 11.9 Å². The number of nitrogens with zero attached hydrogens (tertiary/aromatic N) is 2. The van der Waals surface area contributed by atoms with E-state index in [1.165, 1.54) is 51.4 Å². The SMILES string of the molecule is CCCCCCCCCCCN1C=C[N+](CCC(=O)O)(CCC(=O)O)C1. The predicted molar refractivity (Wildman–Crippen MR) is 102 cm³/mol. The highest BCUT2D eigenvalue weighted by Gasteiger charge is 2.32. The maximum absolute atomic E-state index is 10.9. The minimum atomic E-state index is -0.830. The normalized spacial score (nSPS) is 15.5. The average Bonchev–Trinajstić information content (AvgIpc) is 3.01. The number of quaternary nitrogens is 1. The molecular formula is C20H37N2O4+. The van der Waals surface area contributed by atoms with Crippen molar-refractivity contribution in [2.45, 2.75) is 77.6 Å². The lowest BCUT2D eigenvalue weighted by molar-refractivity contribution is -0.880. The Labute approximate surface area is 158 Å². The topological polar surface area (TPSA) is 77.8 Å². The summed E-state index contributed by atoms with van der Waals surface area (Å²) >= 11 is 0. The molecule has 150 valence electrons. The maximum Gasteiger partial charge on any atom is 0.309 e. The molecule has 26 heavy (non-hydrogen) atoms. The van der Waals surface area contributed by atoms with Gasteiger partial charge in [0.05, 0.1) is 32.1 Å². The standard InChI is InChI=1S/C20H36N2O4/c1-2-3-4-5-6-7-8-9-10-13-21-14-17-22(18-21,15-11-19(23)24)16-12-20(25)26/h14,17H,2-13,15-16,18H2,1H3,(H-,23,24,25,26)/p+1. The summed E-state index contributed by atoms with van der Waals surface area (Å²) in [5.74, 6) is -1.66. The molecule has 0 aliphatic carbocycles. The molecule has 6 nitrogen and oxygen atoms in total. The third kappa shape index (κ3) is 9.80. The van der Waals surface area contributed by atoms with Gasteiger partial charge in [0.1, 0.15) is 6.20 Å². The first-order valence-electron chi connectivity index (χ1n) is 10.2. The van der Waals surface area contributed by atoms with Crippen molar-refractivity contribution in [1.29, 1.82) is 0 Å². The molecule has 1 rings (SSSR count). The maximum atomic E-state index is 10.9. The van der Waals surface area contributed by atoms with Crippen LogP contribution >= 0.6 is 0 Å². The van der Waals surface area contributed by atoms with Crippen molar-refractivity contribution in [2.75, 3.05) is 26.3 Å². The van der Waals surface area contributed by atoms with Crippen LogP contribution in [0, 0.1) is 0 Å². The van der Waals surface area contributed by atoms with E-state index in [0.29, 0.717) is 24.2 Å². The molecule has 0 saturated heterocycles. The van der Waals surface area contributed by atoms with Crippen molar-refractivity contribution < 1.29 is 24.3 Å². The predicted octanol–water partition coefficient (Wildman–Crippen LogP) is 4.03. The van der Waals surface area contributed by atoms with E-state index in [9.17, 15) is 9.59 Å². The van der Waals surface area contributed by atoms with Crippen molar-refractivity contribution in [1.82, 2.24) is 4.90 Å². The molecule has 2 N–H and O–H groups in total. The van der Waals surface area contributed by atoms with Crippen molar-refractivity contribution in [3.63, 3.8) is 0 Å². The smallest absolute Gasteiger partial charge is 0.309 e. The summed E-state index contributed by atoms with van der Waals surface area (Å²) in [4.78, 5) is 24.0. The highest BCUT2D eigenvalue weighted by Crippen LogP contribution is 2.21. The summed E-state index contributed by atoms with van der Waals surface area (Å²) in [6, 6.07) is 0. The lowest BCUT2D eigenvalue weighted by Gasteiger charge is -2.32. The molecule has 0 unspecified atom stereocenters. The van der Waals surface area contributed by atoms with Gasteiger partial charge in [0.25, 0.3) is 0 Å². The second kappa shape index (κ2) is 12.7. The number of unbranched alkanes of at least 4 members (excludes halogenated alkanes) is 8. The minimum Gasteiger partial charge on any atom is -0.481 e. The van der Waals surface area contributed by atoms with Crippen LogP contribution < -0.4 is 0 Å². The Hall–Kier alpha value is -1.56. The monoisotopic (exact) mass is 369 g/mol. The van der Waals surface area contributed by atoms with Crippen LogP contribution in [0.2, 0.25) is 0 Å². The summed E-state index contributed by atoms with van der Waals surface area (Å²) < 4.78 is 0.441. The van der Waals surface area contributed by atoms with Gasteiger partial charge in [0.15, 0.2) is 6.67 Å². The molecule has 1 aliphatic rings. The number of rotatable bonds is 16. The lowest BCUT2D eigenvalue weighted by atomic mass is 10.1. The largest absolute Gasteiger partial charge is 0.481 e. The zero-order chi connectivity index (χ0) is 19.3. The number of carbonyl (C=O) groups is 2. The van der Waals surface area contributed by atoms with Crippen LogP contribution in [0.1, 0.15) is 77.6 Å². The molecule has 0 saturated carbocycles. The molecule has 6 heteroatoms. The van der Waals surface area contributed by atoms with Gasteiger partial charge in [-0.3, -0.25) is 14.1 Å². The Balaban J connectivity index is 2.23. The molecule has 0 spiro atoms. The molecule has 0 bridgehead atoms. The molecule has 1 heterocycles. The van der Waals surface area contributed by atoms with Gasteiger partial charge in [0.2, 0.25) is 0 Å². The fraction of sp³-hybridized carbons (Fsp3) is 0.800. The van der Waals surface area contributed by atoms with Crippen molar-refractivity contribution in [3.05, 3.63) is 12.4 Å². The van der Waals surface area contributed by atoms with Gasteiger partial charge in [-0.05, 0) is 6.42 Å². The summed E-state index contributed by atoms with van der Waals surface area (Å²) in [5, 5.41) is 17.9. The Morgan fingerprint density at radius 3 is 1.88 bits per heavy atom. The molecule has 0 aromatic carbocycles. The Morgan fingerprint density at radius 1 is 0.885 bits per heavy atom. The second-order valence-corrected chi connectivity index (χ2v) is 7.53. The fourth-order valence-electron chi connectivity index (χ4n) is 3.50. The number of carboxylic acids is 2. The first-order valence-corrected chi connectivity index (χ1v) is 10.2. The van der Waals surface area contributed by atoms with Crippen LogP contribution in [-0.4, -0.2) is 57.8 Å². The molecule has 1 aliphatic heterocycles. The Bertz CT molecular complexity index is 433. The van der Waals surface area contributed by atoms with Crippen LogP contribution in [0.3, 0.4) is 0 Å². The quantitative estimate of drug-likeness (QED) is 0.317. The fourth-order valence-corrected chi connectivity index (χ4v) is 3.50. The lowest BCUT2D eigenvalue weighted by Crippen LogP contribution is -2.47.